The van der Waals surface area contributed by atoms with E-state index in [9.17, 15) is 9.18 Å². The third-order valence-electron chi connectivity index (χ3n) is 4.06. The molecule has 2 heterocycles. The number of carbonyl (C=O) groups excluding carboxylic acids is 1. The lowest BCUT2D eigenvalue weighted by molar-refractivity contribution is -0.132. The van der Waals surface area contributed by atoms with Gasteiger partial charge in [-0.05, 0) is 51.0 Å². The van der Waals surface area contributed by atoms with Gasteiger partial charge >= 0.3 is 6.01 Å². The molecule has 1 N–H and O–H groups in total. The third-order valence-corrected chi connectivity index (χ3v) is 4.06. The highest BCUT2D eigenvalue weighted by molar-refractivity contribution is 5.84. The van der Waals surface area contributed by atoms with Gasteiger partial charge in [-0.2, -0.15) is 0 Å². The predicted octanol–water partition coefficient (Wildman–Crippen LogP) is 2.69. The van der Waals surface area contributed by atoms with Crippen LogP contribution in [0.4, 0.5) is 10.4 Å². The Morgan fingerprint density at radius 3 is 2.78 bits per heavy atom. The van der Waals surface area contributed by atoms with E-state index in [4.69, 9.17) is 4.42 Å². The molecule has 1 unspecified atom stereocenters. The van der Waals surface area contributed by atoms with Crippen LogP contribution in [-0.4, -0.2) is 39.6 Å². The van der Waals surface area contributed by atoms with Crippen LogP contribution in [0.25, 0.3) is 11.5 Å². The molecule has 2 atom stereocenters. The minimum atomic E-state index is -0.447. The van der Waals surface area contributed by atoms with Crippen molar-refractivity contribution in [1.29, 1.82) is 0 Å². The van der Waals surface area contributed by atoms with Gasteiger partial charge in [-0.15, -0.1) is 5.10 Å². The molecular formula is C16H19FN4O2. The highest BCUT2D eigenvalue weighted by atomic mass is 19.1. The molecule has 0 saturated carbocycles. The molecule has 0 radical (unpaired) electrons. The van der Waals surface area contributed by atoms with E-state index in [1.54, 1.807) is 19.1 Å². The number of nitrogens with zero attached hydrogens (tertiary/aromatic N) is 3. The number of likely N-dealkylation sites (tertiary alicyclic amines) is 1. The van der Waals surface area contributed by atoms with Crippen LogP contribution < -0.4 is 5.32 Å². The van der Waals surface area contributed by atoms with Gasteiger partial charge < -0.3 is 14.6 Å². The molecule has 1 aromatic carbocycles. The first kappa shape index (κ1) is 15.5. The molecule has 3 rings (SSSR count). The standard InChI is InChI=1S/C16H19FN4O2/c1-10-4-3-9-21(10)15(22)11(2)18-16-20-19-14(23-16)12-5-7-13(17)8-6-12/h5-8,10-11H,3-4,9H2,1-2H3,(H,18,20)/t10?,11-/m1/s1. The molecule has 2 aromatic rings. The molecule has 7 heteroatoms. The van der Waals surface area contributed by atoms with Crippen LogP contribution in [0.3, 0.4) is 0 Å². The van der Waals surface area contributed by atoms with Gasteiger partial charge in [0, 0.05) is 18.2 Å². The Bertz CT molecular complexity index is 686. The molecule has 0 aliphatic carbocycles. The second kappa shape index (κ2) is 6.36. The lowest BCUT2D eigenvalue weighted by atomic mass is 10.2. The van der Waals surface area contributed by atoms with Crippen molar-refractivity contribution in [3.05, 3.63) is 30.1 Å². The Hall–Kier alpha value is -2.44. The first-order chi connectivity index (χ1) is 11.0. The number of amides is 1. The molecule has 1 amide bonds. The van der Waals surface area contributed by atoms with Gasteiger partial charge in [0.15, 0.2) is 0 Å². The van der Waals surface area contributed by atoms with E-state index in [2.05, 4.69) is 22.4 Å². The van der Waals surface area contributed by atoms with E-state index < -0.39 is 6.04 Å². The van der Waals surface area contributed by atoms with Gasteiger partial charge in [0.2, 0.25) is 11.8 Å². The summed E-state index contributed by atoms with van der Waals surface area (Å²) in [6.45, 7) is 4.61. The maximum atomic E-state index is 12.9. The van der Waals surface area contributed by atoms with E-state index in [-0.39, 0.29) is 29.7 Å². The van der Waals surface area contributed by atoms with Gasteiger partial charge in [0.1, 0.15) is 11.9 Å². The molecule has 1 saturated heterocycles. The second-order valence-electron chi connectivity index (χ2n) is 5.81. The van der Waals surface area contributed by atoms with E-state index in [0.717, 1.165) is 19.4 Å². The summed E-state index contributed by atoms with van der Waals surface area (Å²) in [5.41, 5.74) is 0.624. The minimum absolute atomic E-state index is 0.0246. The zero-order valence-corrected chi connectivity index (χ0v) is 13.1. The largest absolute Gasteiger partial charge is 0.403 e. The molecule has 1 aliphatic rings. The first-order valence-electron chi connectivity index (χ1n) is 7.71. The summed E-state index contributed by atoms with van der Waals surface area (Å²) in [7, 11) is 0. The number of rotatable bonds is 4. The maximum Gasteiger partial charge on any atom is 0.316 e. The summed E-state index contributed by atoms with van der Waals surface area (Å²) < 4.78 is 18.4. The van der Waals surface area contributed by atoms with Crippen molar-refractivity contribution in [2.45, 2.75) is 38.8 Å². The van der Waals surface area contributed by atoms with E-state index in [1.165, 1.54) is 12.1 Å². The number of hydrogen-bond donors (Lipinski definition) is 1. The second-order valence-corrected chi connectivity index (χ2v) is 5.81. The molecular weight excluding hydrogens is 299 g/mol. The number of aromatic nitrogens is 2. The van der Waals surface area contributed by atoms with Crippen molar-refractivity contribution in [2.75, 3.05) is 11.9 Å². The quantitative estimate of drug-likeness (QED) is 0.938. The smallest absolute Gasteiger partial charge is 0.316 e. The number of anilines is 1. The third kappa shape index (κ3) is 3.33. The topological polar surface area (TPSA) is 71.3 Å². The summed E-state index contributed by atoms with van der Waals surface area (Å²) in [6.07, 6.45) is 2.07. The molecule has 122 valence electrons. The van der Waals surface area contributed by atoms with Gasteiger partial charge in [0.25, 0.3) is 0 Å². The number of halogens is 1. The molecule has 0 spiro atoms. The normalized spacial score (nSPS) is 18.9. The number of hydrogen-bond acceptors (Lipinski definition) is 5. The molecule has 6 nitrogen and oxygen atoms in total. The highest BCUT2D eigenvalue weighted by Gasteiger charge is 2.29. The summed E-state index contributed by atoms with van der Waals surface area (Å²) in [4.78, 5) is 14.3. The van der Waals surface area contributed by atoms with Crippen LogP contribution in [0.15, 0.2) is 28.7 Å². The Morgan fingerprint density at radius 2 is 2.13 bits per heavy atom. The van der Waals surface area contributed by atoms with Gasteiger partial charge in [-0.25, -0.2) is 4.39 Å². The lowest BCUT2D eigenvalue weighted by Crippen LogP contribution is -2.43. The number of nitrogens with one attached hydrogen (secondary N) is 1. The average Bonchev–Trinajstić information content (AvgIpc) is 3.16. The minimum Gasteiger partial charge on any atom is -0.403 e. The Morgan fingerprint density at radius 1 is 1.39 bits per heavy atom. The summed E-state index contributed by atoms with van der Waals surface area (Å²) in [6, 6.07) is 5.78. The summed E-state index contributed by atoms with van der Waals surface area (Å²) >= 11 is 0. The van der Waals surface area contributed by atoms with Gasteiger partial charge in [-0.1, -0.05) is 5.10 Å². The Balaban J connectivity index is 1.66. The SMILES string of the molecule is CC1CCCN1C(=O)[C@@H](C)Nc1nnc(-c2ccc(F)cc2)o1. The van der Waals surface area contributed by atoms with E-state index >= 15 is 0 Å². The monoisotopic (exact) mass is 318 g/mol. The summed E-state index contributed by atoms with van der Waals surface area (Å²) in [5, 5.41) is 10.7. The molecule has 23 heavy (non-hydrogen) atoms. The van der Waals surface area contributed by atoms with Gasteiger partial charge in [0.05, 0.1) is 0 Å². The van der Waals surface area contributed by atoms with Crippen molar-refractivity contribution >= 4 is 11.9 Å². The van der Waals surface area contributed by atoms with Crippen LogP contribution in [0, 0.1) is 5.82 Å². The summed E-state index contributed by atoms with van der Waals surface area (Å²) in [5.74, 6) is -0.0243. The van der Waals surface area contributed by atoms with Crippen molar-refractivity contribution < 1.29 is 13.6 Å². The van der Waals surface area contributed by atoms with E-state index in [0.29, 0.717) is 5.56 Å². The van der Waals surface area contributed by atoms with Gasteiger partial charge in [-0.3, -0.25) is 4.79 Å². The highest BCUT2D eigenvalue weighted by Crippen LogP contribution is 2.22. The van der Waals surface area contributed by atoms with Crippen molar-refractivity contribution in [3.8, 4) is 11.5 Å². The number of benzene rings is 1. The zero-order chi connectivity index (χ0) is 16.4. The van der Waals surface area contributed by atoms with Crippen LogP contribution in [-0.2, 0) is 4.79 Å². The fraction of sp³-hybridized carbons (Fsp3) is 0.438. The van der Waals surface area contributed by atoms with Crippen LogP contribution in [0.5, 0.6) is 0 Å². The maximum absolute atomic E-state index is 12.9. The molecule has 1 fully saturated rings. The number of carbonyl (C=O) groups is 1. The van der Waals surface area contributed by atoms with E-state index in [1.807, 2.05) is 4.90 Å². The fourth-order valence-electron chi connectivity index (χ4n) is 2.75. The van der Waals surface area contributed by atoms with Crippen LogP contribution >= 0.6 is 0 Å². The molecule has 1 aromatic heterocycles. The zero-order valence-electron chi connectivity index (χ0n) is 13.1. The van der Waals surface area contributed by atoms with Crippen LogP contribution in [0.2, 0.25) is 0 Å². The fourth-order valence-corrected chi connectivity index (χ4v) is 2.75. The Labute approximate surface area is 133 Å². The average molecular weight is 318 g/mol. The van der Waals surface area contributed by atoms with Crippen LogP contribution in [0.1, 0.15) is 26.7 Å². The lowest BCUT2D eigenvalue weighted by Gasteiger charge is -2.24. The molecule has 0 bridgehead atoms. The van der Waals surface area contributed by atoms with Crippen molar-refractivity contribution in [1.82, 2.24) is 15.1 Å². The molecule has 1 aliphatic heterocycles. The van der Waals surface area contributed by atoms with Crippen molar-refractivity contribution in [3.63, 3.8) is 0 Å². The first-order valence-corrected chi connectivity index (χ1v) is 7.71. The predicted molar refractivity (Wildman–Crippen MR) is 83.2 cm³/mol. The van der Waals surface area contributed by atoms with Crippen molar-refractivity contribution in [2.24, 2.45) is 0 Å². The Kier molecular flexibility index (Phi) is 4.27.